The Bertz CT molecular complexity index is 418. The van der Waals surface area contributed by atoms with Gasteiger partial charge in [-0.15, -0.1) is 6.58 Å². The van der Waals surface area contributed by atoms with Crippen molar-refractivity contribution in [2.45, 2.75) is 45.6 Å². The minimum atomic E-state index is -3.13. The summed E-state index contributed by atoms with van der Waals surface area (Å²) in [4.78, 5) is 33.6. The molecular formula is C12H18O7Si. The van der Waals surface area contributed by atoms with Gasteiger partial charge in [-0.25, -0.2) is 0 Å². The summed E-state index contributed by atoms with van der Waals surface area (Å²) in [6.07, 6.45) is 0.683. The predicted molar refractivity (Wildman–Crippen MR) is 69.1 cm³/mol. The smallest absolute Gasteiger partial charge is 0.433 e. The van der Waals surface area contributed by atoms with E-state index in [0.717, 1.165) is 0 Å². The predicted octanol–water partition coefficient (Wildman–Crippen LogP) is 1.31. The van der Waals surface area contributed by atoms with Crippen molar-refractivity contribution in [3.63, 3.8) is 0 Å². The topological polar surface area (TPSA) is 88.1 Å². The highest BCUT2D eigenvalue weighted by Crippen LogP contribution is 2.37. The summed E-state index contributed by atoms with van der Waals surface area (Å²) in [6, 6.07) is 0.459. The molecule has 7 nitrogen and oxygen atoms in total. The number of rotatable bonds is 4. The van der Waals surface area contributed by atoms with Crippen LogP contribution in [0.1, 0.15) is 33.6 Å². The van der Waals surface area contributed by atoms with Gasteiger partial charge in [0.25, 0.3) is 5.97 Å². The molecule has 1 heterocycles. The Morgan fingerprint density at radius 1 is 1.15 bits per heavy atom. The number of hydrogen-bond donors (Lipinski definition) is 0. The highest BCUT2D eigenvalue weighted by molar-refractivity contribution is 6.74. The molecule has 0 aliphatic carbocycles. The van der Waals surface area contributed by atoms with Gasteiger partial charge in [-0.2, -0.15) is 0 Å². The molecule has 0 N–H and O–H groups in total. The number of carbonyl (C=O) groups is 3. The molecule has 0 amide bonds. The van der Waals surface area contributed by atoms with Crippen LogP contribution in [-0.2, 0) is 32.7 Å². The fourth-order valence-corrected chi connectivity index (χ4v) is 4.50. The van der Waals surface area contributed by atoms with Gasteiger partial charge in [0.2, 0.25) is 0 Å². The van der Waals surface area contributed by atoms with Crippen molar-refractivity contribution in [3.05, 3.63) is 12.3 Å². The Labute approximate surface area is 118 Å². The Kier molecular flexibility index (Phi) is 5.07. The third-order valence-corrected chi connectivity index (χ3v) is 5.52. The van der Waals surface area contributed by atoms with Crippen LogP contribution in [0.25, 0.3) is 0 Å². The molecule has 0 radical (unpaired) electrons. The number of ether oxygens (including phenoxy) is 2. The minimum Gasteiger partial charge on any atom is -0.491 e. The lowest BCUT2D eigenvalue weighted by atomic mass is 10.3. The Hall–Kier alpha value is -1.67. The lowest BCUT2D eigenvalue weighted by molar-refractivity contribution is -0.323. The van der Waals surface area contributed by atoms with Gasteiger partial charge in [0, 0.05) is 26.8 Å². The first-order valence-electron chi connectivity index (χ1n) is 6.15. The van der Waals surface area contributed by atoms with Crippen LogP contribution in [0.5, 0.6) is 0 Å². The molecule has 0 aromatic rings. The maximum Gasteiger partial charge on any atom is 0.433 e. The molecule has 1 aliphatic heterocycles. The average molecular weight is 302 g/mol. The standard InChI is InChI=1S/C12H18O7Si/c1-5-20(18-11(4)15)8-6-7-12(19-20,16-9(2)13)17-10(3)14/h5H,1,6-8H2,2-4H3. The first-order chi connectivity index (χ1) is 9.22. The molecule has 0 bridgehead atoms. The maximum absolute atomic E-state index is 11.2. The lowest BCUT2D eigenvalue weighted by Crippen LogP contribution is -2.57. The third kappa shape index (κ3) is 4.17. The minimum absolute atomic E-state index is 0.177. The van der Waals surface area contributed by atoms with Crippen LogP contribution >= 0.6 is 0 Å². The van der Waals surface area contributed by atoms with Gasteiger partial charge in [-0.05, 0) is 12.1 Å². The average Bonchev–Trinajstić information content (AvgIpc) is 2.25. The van der Waals surface area contributed by atoms with Crippen molar-refractivity contribution in [1.82, 2.24) is 0 Å². The molecule has 0 saturated carbocycles. The van der Waals surface area contributed by atoms with Crippen LogP contribution in [0.15, 0.2) is 12.3 Å². The first kappa shape index (κ1) is 16.4. The van der Waals surface area contributed by atoms with Crippen LogP contribution in [0.4, 0.5) is 0 Å². The summed E-state index contributed by atoms with van der Waals surface area (Å²) in [5, 5.41) is 0. The summed E-state index contributed by atoms with van der Waals surface area (Å²) in [6.45, 7) is 7.20. The summed E-state index contributed by atoms with van der Waals surface area (Å²) in [7, 11) is -3.13. The summed E-state index contributed by atoms with van der Waals surface area (Å²) in [5.74, 6) is -3.70. The van der Waals surface area contributed by atoms with Crippen LogP contribution < -0.4 is 0 Å². The van der Waals surface area contributed by atoms with Crippen molar-refractivity contribution in [2.75, 3.05) is 0 Å². The van der Waals surface area contributed by atoms with Gasteiger partial charge in [-0.1, -0.05) is 0 Å². The fraction of sp³-hybridized carbons (Fsp3) is 0.583. The molecule has 8 heteroatoms. The Morgan fingerprint density at radius 3 is 2.10 bits per heavy atom. The second-order valence-electron chi connectivity index (χ2n) is 4.44. The molecule has 0 aromatic heterocycles. The van der Waals surface area contributed by atoms with E-state index in [4.69, 9.17) is 18.3 Å². The van der Waals surface area contributed by atoms with Gasteiger partial charge in [-0.3, -0.25) is 14.4 Å². The molecule has 112 valence electrons. The van der Waals surface area contributed by atoms with Crippen molar-refractivity contribution in [2.24, 2.45) is 0 Å². The van der Waals surface area contributed by atoms with E-state index in [2.05, 4.69) is 6.58 Å². The zero-order valence-corrected chi connectivity index (χ0v) is 12.8. The first-order valence-corrected chi connectivity index (χ1v) is 8.25. The fourth-order valence-electron chi connectivity index (χ4n) is 2.02. The van der Waals surface area contributed by atoms with Gasteiger partial charge in [0.05, 0.1) is 6.42 Å². The normalized spacial score (nSPS) is 24.4. The quantitative estimate of drug-likeness (QED) is 0.439. The van der Waals surface area contributed by atoms with E-state index >= 15 is 0 Å². The SMILES string of the molecule is C=C[Si]1(OC(C)=O)CCCC(OC(C)=O)(OC(C)=O)O1. The monoisotopic (exact) mass is 302 g/mol. The molecule has 1 aliphatic rings. The van der Waals surface area contributed by atoms with Gasteiger partial charge < -0.3 is 18.3 Å². The van der Waals surface area contributed by atoms with Crippen molar-refractivity contribution < 1.29 is 32.7 Å². The van der Waals surface area contributed by atoms with E-state index < -0.39 is 32.4 Å². The molecule has 1 rings (SSSR count). The third-order valence-electron chi connectivity index (χ3n) is 2.56. The summed E-state index contributed by atoms with van der Waals surface area (Å²) in [5.41, 5.74) is 1.41. The molecular weight excluding hydrogens is 284 g/mol. The highest BCUT2D eigenvalue weighted by Gasteiger charge is 2.54. The van der Waals surface area contributed by atoms with E-state index in [0.29, 0.717) is 12.5 Å². The highest BCUT2D eigenvalue weighted by atomic mass is 28.4. The van der Waals surface area contributed by atoms with E-state index in [-0.39, 0.29) is 6.42 Å². The van der Waals surface area contributed by atoms with Crippen molar-refractivity contribution in [3.8, 4) is 0 Å². The van der Waals surface area contributed by atoms with Crippen LogP contribution in [-0.4, -0.2) is 32.4 Å². The molecule has 0 spiro atoms. The molecule has 1 saturated heterocycles. The molecule has 1 fully saturated rings. The van der Waals surface area contributed by atoms with E-state index in [1.807, 2.05) is 0 Å². The van der Waals surface area contributed by atoms with Gasteiger partial charge >= 0.3 is 26.5 Å². The largest absolute Gasteiger partial charge is 0.491 e. The number of esters is 2. The zero-order chi connectivity index (χ0) is 15.4. The maximum atomic E-state index is 11.2. The molecule has 0 aromatic carbocycles. The number of carbonyl (C=O) groups excluding carboxylic acids is 3. The van der Waals surface area contributed by atoms with E-state index in [1.165, 1.54) is 26.5 Å². The summed E-state index contributed by atoms with van der Waals surface area (Å²) < 4.78 is 20.9. The Morgan fingerprint density at radius 2 is 1.70 bits per heavy atom. The van der Waals surface area contributed by atoms with E-state index in [9.17, 15) is 14.4 Å². The number of hydrogen-bond acceptors (Lipinski definition) is 7. The van der Waals surface area contributed by atoms with Gasteiger partial charge in [0.1, 0.15) is 0 Å². The second-order valence-corrected chi connectivity index (χ2v) is 7.38. The van der Waals surface area contributed by atoms with Crippen LogP contribution in [0, 0.1) is 0 Å². The van der Waals surface area contributed by atoms with Crippen LogP contribution in [0.2, 0.25) is 6.04 Å². The molecule has 1 unspecified atom stereocenters. The van der Waals surface area contributed by atoms with Gasteiger partial charge in [0.15, 0.2) is 0 Å². The van der Waals surface area contributed by atoms with Crippen LogP contribution in [0.3, 0.4) is 0 Å². The van der Waals surface area contributed by atoms with Crippen molar-refractivity contribution >= 4 is 26.5 Å². The zero-order valence-electron chi connectivity index (χ0n) is 11.8. The van der Waals surface area contributed by atoms with Crippen molar-refractivity contribution in [1.29, 1.82) is 0 Å². The summed E-state index contributed by atoms with van der Waals surface area (Å²) >= 11 is 0. The lowest BCUT2D eigenvalue weighted by Gasteiger charge is -2.41. The van der Waals surface area contributed by atoms with E-state index in [1.54, 1.807) is 0 Å². The Balaban J connectivity index is 3.05. The molecule has 20 heavy (non-hydrogen) atoms. The molecule has 1 atom stereocenters. The second kappa shape index (κ2) is 6.19.